The number of nitrogens with two attached hydrogens (primary N) is 1. The third-order valence-electron chi connectivity index (χ3n) is 1.75. The van der Waals surface area contributed by atoms with E-state index >= 15 is 0 Å². The van der Waals surface area contributed by atoms with Gasteiger partial charge in [0.05, 0.1) is 0 Å². The number of rotatable bonds is 3. The SMILES string of the molecule is NC(O)(CCCl)c1ccccc1. The predicted molar refractivity (Wildman–Crippen MR) is 49.9 cm³/mol. The lowest BCUT2D eigenvalue weighted by atomic mass is 10.0. The molecular weight excluding hydrogens is 174 g/mol. The van der Waals surface area contributed by atoms with Gasteiger partial charge < -0.3 is 5.11 Å². The number of benzene rings is 1. The number of alkyl halides is 1. The van der Waals surface area contributed by atoms with Crippen LogP contribution in [0.4, 0.5) is 0 Å². The van der Waals surface area contributed by atoms with Gasteiger partial charge in [-0.2, -0.15) is 0 Å². The van der Waals surface area contributed by atoms with Crippen LogP contribution in [0.2, 0.25) is 0 Å². The molecule has 0 aliphatic carbocycles. The smallest absolute Gasteiger partial charge is 0.140 e. The zero-order chi connectivity index (χ0) is 9.03. The molecule has 0 fully saturated rings. The highest BCUT2D eigenvalue weighted by Crippen LogP contribution is 2.18. The molecule has 0 bridgehead atoms. The van der Waals surface area contributed by atoms with Gasteiger partial charge in [-0.3, -0.25) is 5.73 Å². The maximum absolute atomic E-state index is 9.68. The number of aliphatic hydroxyl groups is 1. The van der Waals surface area contributed by atoms with E-state index in [1.54, 1.807) is 12.1 Å². The second-order valence-electron chi connectivity index (χ2n) is 2.73. The fraction of sp³-hybridized carbons (Fsp3) is 0.333. The van der Waals surface area contributed by atoms with Gasteiger partial charge in [-0.15, -0.1) is 11.6 Å². The van der Waals surface area contributed by atoms with Gasteiger partial charge in [0, 0.05) is 12.3 Å². The van der Waals surface area contributed by atoms with Crippen molar-refractivity contribution in [2.75, 3.05) is 5.88 Å². The second-order valence-corrected chi connectivity index (χ2v) is 3.11. The zero-order valence-corrected chi connectivity index (χ0v) is 7.46. The molecule has 0 aromatic heterocycles. The fourth-order valence-corrected chi connectivity index (χ4v) is 1.30. The molecule has 12 heavy (non-hydrogen) atoms. The van der Waals surface area contributed by atoms with Crippen LogP contribution in [0.1, 0.15) is 12.0 Å². The largest absolute Gasteiger partial charge is 0.372 e. The van der Waals surface area contributed by atoms with Crippen LogP contribution in [0.3, 0.4) is 0 Å². The maximum atomic E-state index is 9.68. The van der Waals surface area contributed by atoms with Crippen molar-refractivity contribution in [3.63, 3.8) is 0 Å². The van der Waals surface area contributed by atoms with Crippen molar-refractivity contribution in [3.8, 4) is 0 Å². The molecule has 0 saturated heterocycles. The van der Waals surface area contributed by atoms with Crippen molar-refractivity contribution in [1.82, 2.24) is 0 Å². The summed E-state index contributed by atoms with van der Waals surface area (Å²) in [5.74, 6) is 0.349. The average Bonchev–Trinajstić information content (AvgIpc) is 2.06. The zero-order valence-electron chi connectivity index (χ0n) is 6.70. The molecule has 0 radical (unpaired) electrons. The van der Waals surface area contributed by atoms with E-state index in [2.05, 4.69) is 0 Å². The van der Waals surface area contributed by atoms with Crippen LogP contribution < -0.4 is 5.73 Å². The lowest BCUT2D eigenvalue weighted by Gasteiger charge is -2.22. The van der Waals surface area contributed by atoms with Crippen LogP contribution in [-0.2, 0) is 5.72 Å². The summed E-state index contributed by atoms with van der Waals surface area (Å²) in [6.45, 7) is 0. The van der Waals surface area contributed by atoms with E-state index in [-0.39, 0.29) is 0 Å². The number of halogens is 1. The van der Waals surface area contributed by atoms with Crippen molar-refractivity contribution < 1.29 is 5.11 Å². The molecule has 3 N–H and O–H groups in total. The van der Waals surface area contributed by atoms with Gasteiger partial charge in [-0.1, -0.05) is 30.3 Å². The van der Waals surface area contributed by atoms with Crippen molar-refractivity contribution in [3.05, 3.63) is 35.9 Å². The normalized spacial score (nSPS) is 15.6. The van der Waals surface area contributed by atoms with E-state index in [1.165, 1.54) is 0 Å². The van der Waals surface area contributed by atoms with Gasteiger partial charge in [0.15, 0.2) is 0 Å². The Kier molecular flexibility index (Phi) is 3.09. The molecule has 1 aromatic carbocycles. The minimum atomic E-state index is -1.29. The highest BCUT2D eigenvalue weighted by atomic mass is 35.5. The van der Waals surface area contributed by atoms with Crippen LogP contribution in [0, 0.1) is 0 Å². The Labute approximate surface area is 77.0 Å². The molecule has 0 aliphatic heterocycles. The molecule has 1 aromatic rings. The van der Waals surface area contributed by atoms with Gasteiger partial charge >= 0.3 is 0 Å². The van der Waals surface area contributed by atoms with Crippen molar-refractivity contribution >= 4 is 11.6 Å². The van der Waals surface area contributed by atoms with Crippen LogP contribution >= 0.6 is 11.6 Å². The summed E-state index contributed by atoms with van der Waals surface area (Å²) in [4.78, 5) is 0. The number of hydrogen-bond donors (Lipinski definition) is 2. The number of hydrogen-bond acceptors (Lipinski definition) is 2. The molecule has 1 atom stereocenters. The maximum Gasteiger partial charge on any atom is 0.140 e. The van der Waals surface area contributed by atoms with E-state index in [1.807, 2.05) is 18.2 Å². The van der Waals surface area contributed by atoms with Gasteiger partial charge in [0.25, 0.3) is 0 Å². The molecule has 0 aliphatic rings. The van der Waals surface area contributed by atoms with Crippen LogP contribution in [0.25, 0.3) is 0 Å². The highest BCUT2D eigenvalue weighted by Gasteiger charge is 2.21. The molecule has 1 unspecified atom stereocenters. The van der Waals surface area contributed by atoms with E-state index in [0.717, 1.165) is 0 Å². The Morgan fingerprint density at radius 1 is 1.33 bits per heavy atom. The summed E-state index contributed by atoms with van der Waals surface area (Å²) in [6, 6.07) is 9.11. The Morgan fingerprint density at radius 3 is 2.42 bits per heavy atom. The molecule has 0 heterocycles. The molecule has 0 spiro atoms. The van der Waals surface area contributed by atoms with Crippen LogP contribution in [0.5, 0.6) is 0 Å². The first-order chi connectivity index (χ1) is 5.67. The van der Waals surface area contributed by atoms with Gasteiger partial charge in [0.2, 0.25) is 0 Å². The lowest BCUT2D eigenvalue weighted by Crippen LogP contribution is -2.36. The quantitative estimate of drug-likeness (QED) is 0.553. The fourth-order valence-electron chi connectivity index (χ4n) is 1.02. The van der Waals surface area contributed by atoms with E-state index in [0.29, 0.717) is 17.9 Å². The molecule has 2 nitrogen and oxygen atoms in total. The summed E-state index contributed by atoms with van der Waals surface area (Å²) < 4.78 is 0. The Balaban J connectivity index is 2.82. The summed E-state index contributed by atoms with van der Waals surface area (Å²) in [7, 11) is 0. The summed E-state index contributed by atoms with van der Waals surface area (Å²) in [5.41, 5.74) is 5.03. The second kappa shape index (κ2) is 3.90. The van der Waals surface area contributed by atoms with Gasteiger partial charge in [0.1, 0.15) is 5.72 Å². The summed E-state index contributed by atoms with van der Waals surface area (Å²) in [6.07, 6.45) is 0.360. The Bertz CT molecular complexity index is 236. The highest BCUT2D eigenvalue weighted by molar-refractivity contribution is 6.17. The predicted octanol–water partition coefficient (Wildman–Crippen LogP) is 1.42. The summed E-state index contributed by atoms with van der Waals surface area (Å²) in [5, 5.41) is 9.68. The molecule has 1 rings (SSSR count). The average molecular weight is 186 g/mol. The van der Waals surface area contributed by atoms with Crippen molar-refractivity contribution in [2.45, 2.75) is 12.1 Å². The van der Waals surface area contributed by atoms with Crippen molar-refractivity contribution in [1.29, 1.82) is 0 Å². The standard InChI is InChI=1S/C9H12ClNO/c10-7-6-9(11,12)8-4-2-1-3-5-8/h1-5,12H,6-7,11H2. The molecule has 66 valence electrons. The third kappa shape index (κ3) is 2.21. The Morgan fingerprint density at radius 2 is 1.92 bits per heavy atom. The molecular formula is C9H12ClNO. The van der Waals surface area contributed by atoms with E-state index < -0.39 is 5.72 Å². The lowest BCUT2D eigenvalue weighted by molar-refractivity contribution is 0.0404. The van der Waals surface area contributed by atoms with E-state index in [9.17, 15) is 5.11 Å². The topological polar surface area (TPSA) is 46.2 Å². The van der Waals surface area contributed by atoms with Gasteiger partial charge in [-0.05, 0) is 5.56 Å². The van der Waals surface area contributed by atoms with Crippen molar-refractivity contribution in [2.24, 2.45) is 5.73 Å². The molecule has 0 amide bonds. The van der Waals surface area contributed by atoms with Crippen LogP contribution in [-0.4, -0.2) is 11.0 Å². The third-order valence-corrected chi connectivity index (χ3v) is 1.94. The van der Waals surface area contributed by atoms with Crippen LogP contribution in [0.15, 0.2) is 30.3 Å². The molecule has 3 heteroatoms. The first kappa shape index (κ1) is 9.52. The summed E-state index contributed by atoms with van der Waals surface area (Å²) >= 11 is 5.50. The Hall–Kier alpha value is -0.570. The van der Waals surface area contributed by atoms with E-state index in [4.69, 9.17) is 17.3 Å². The minimum Gasteiger partial charge on any atom is -0.372 e. The first-order valence-corrected chi connectivity index (χ1v) is 4.33. The molecule has 0 saturated carbocycles. The first-order valence-electron chi connectivity index (χ1n) is 3.79. The minimum absolute atomic E-state index is 0.349. The monoisotopic (exact) mass is 185 g/mol. The van der Waals surface area contributed by atoms with Gasteiger partial charge in [-0.25, -0.2) is 0 Å².